The normalized spacial score (nSPS) is 19.8. The second-order valence-corrected chi connectivity index (χ2v) is 9.43. The molecule has 0 radical (unpaired) electrons. The average molecular weight is 606 g/mol. The van der Waals surface area contributed by atoms with Crippen LogP contribution in [0.1, 0.15) is 64.9 Å². The van der Waals surface area contributed by atoms with E-state index in [1.54, 1.807) is 24.3 Å². The van der Waals surface area contributed by atoms with Gasteiger partial charge in [-0.3, -0.25) is 28.9 Å². The Hall–Kier alpha value is -4.30. The van der Waals surface area contributed by atoms with E-state index >= 15 is 0 Å². The lowest BCUT2D eigenvalue weighted by molar-refractivity contribution is -0.195. The highest BCUT2D eigenvalue weighted by atomic mass is 16.7. The third-order valence-corrected chi connectivity index (χ3v) is 6.16. The van der Waals surface area contributed by atoms with Crippen LogP contribution in [0.4, 0.5) is 5.69 Å². The molecular formula is C29H39N3O11. The van der Waals surface area contributed by atoms with Crippen LogP contribution >= 0.6 is 0 Å². The lowest BCUT2D eigenvalue weighted by Gasteiger charge is -2.31. The molecule has 3 atom stereocenters. The van der Waals surface area contributed by atoms with Gasteiger partial charge in [-0.15, -0.1) is 0 Å². The van der Waals surface area contributed by atoms with Gasteiger partial charge in [0.2, 0.25) is 29.9 Å². The fourth-order valence-electron chi connectivity index (χ4n) is 4.14. The van der Waals surface area contributed by atoms with Gasteiger partial charge in [-0.25, -0.2) is 4.79 Å². The number of anilines is 1. The standard InChI is InChI=1S/C27H33N3O11.C2H6/c1-16(31)39-12-2-3-17-4-5-20(40-26-15-18(32)14-21(41-26)27(37)38)19(13-17)29-23(34)8-10-28-22(33)9-11-30-24(35)6-7-25(30)36;1-2/h2-5,13,18,21,26,32H,6-12,14-15H2,1H3,(H,28,33)(H,29,34)(H,37,38);1-2H3/b3-2+;. The molecule has 0 bridgehead atoms. The first kappa shape index (κ1) is 34.9. The van der Waals surface area contributed by atoms with Crippen molar-refractivity contribution in [3.05, 3.63) is 29.8 Å². The van der Waals surface area contributed by atoms with Crippen LogP contribution in [-0.4, -0.2) is 88.9 Å². The van der Waals surface area contributed by atoms with Crippen molar-refractivity contribution in [3.63, 3.8) is 0 Å². The van der Waals surface area contributed by atoms with Crippen LogP contribution in [0.5, 0.6) is 5.75 Å². The van der Waals surface area contributed by atoms with Gasteiger partial charge in [0.05, 0.1) is 11.8 Å². The molecule has 2 saturated heterocycles. The summed E-state index contributed by atoms with van der Waals surface area (Å²) in [4.78, 5) is 71.5. The third-order valence-electron chi connectivity index (χ3n) is 6.16. The molecule has 2 aliphatic rings. The molecule has 2 fully saturated rings. The number of amides is 4. The maximum absolute atomic E-state index is 12.7. The lowest BCUT2D eigenvalue weighted by atomic mass is 10.1. The van der Waals surface area contributed by atoms with Crippen LogP contribution in [0, 0.1) is 0 Å². The first-order chi connectivity index (χ1) is 20.5. The average Bonchev–Trinajstić information content (AvgIpc) is 3.28. The molecule has 1 aromatic rings. The lowest BCUT2D eigenvalue weighted by Crippen LogP contribution is -2.42. The van der Waals surface area contributed by atoms with Crippen molar-refractivity contribution >= 4 is 47.3 Å². The topological polar surface area (TPSA) is 198 Å². The monoisotopic (exact) mass is 605 g/mol. The molecule has 0 spiro atoms. The maximum Gasteiger partial charge on any atom is 0.333 e. The van der Waals surface area contributed by atoms with E-state index in [9.17, 15) is 39.0 Å². The summed E-state index contributed by atoms with van der Waals surface area (Å²) < 4.78 is 16.1. The summed E-state index contributed by atoms with van der Waals surface area (Å²) in [5.41, 5.74) is 0.838. The number of hydrogen-bond donors (Lipinski definition) is 4. The van der Waals surface area contributed by atoms with Gasteiger partial charge in [-0.05, 0) is 23.8 Å². The van der Waals surface area contributed by atoms with E-state index in [0.29, 0.717) is 5.56 Å². The fraction of sp³-hybridized carbons (Fsp3) is 0.517. The van der Waals surface area contributed by atoms with Crippen LogP contribution < -0.4 is 15.4 Å². The van der Waals surface area contributed by atoms with Gasteiger partial charge in [-0.1, -0.05) is 26.0 Å². The number of aliphatic hydroxyl groups is 1. The Balaban J connectivity index is 0.00000316. The van der Waals surface area contributed by atoms with Gasteiger partial charge in [0.1, 0.15) is 12.4 Å². The number of carbonyl (C=O) groups excluding carboxylic acids is 5. The second-order valence-electron chi connectivity index (χ2n) is 9.43. The minimum absolute atomic E-state index is 0.0110. The number of hydrogen-bond acceptors (Lipinski definition) is 10. The zero-order chi connectivity index (χ0) is 31.9. The van der Waals surface area contributed by atoms with Crippen molar-refractivity contribution in [1.29, 1.82) is 0 Å². The van der Waals surface area contributed by atoms with E-state index in [2.05, 4.69) is 10.6 Å². The predicted molar refractivity (Wildman–Crippen MR) is 152 cm³/mol. The van der Waals surface area contributed by atoms with Crippen molar-refractivity contribution in [2.45, 2.75) is 77.8 Å². The molecule has 4 N–H and O–H groups in total. The molecule has 14 nitrogen and oxygen atoms in total. The van der Waals surface area contributed by atoms with Gasteiger partial charge < -0.3 is 35.1 Å². The van der Waals surface area contributed by atoms with E-state index in [4.69, 9.17) is 14.2 Å². The fourth-order valence-corrected chi connectivity index (χ4v) is 4.14. The molecule has 3 rings (SSSR count). The van der Waals surface area contributed by atoms with Crippen molar-refractivity contribution in [3.8, 4) is 5.75 Å². The molecular weight excluding hydrogens is 566 g/mol. The Bertz CT molecular complexity index is 1180. The highest BCUT2D eigenvalue weighted by Crippen LogP contribution is 2.31. The molecule has 1 aromatic carbocycles. The van der Waals surface area contributed by atoms with Crippen molar-refractivity contribution in [1.82, 2.24) is 10.2 Å². The van der Waals surface area contributed by atoms with E-state index in [1.165, 1.54) is 13.0 Å². The number of aliphatic carboxylic acids is 1. The number of nitrogens with one attached hydrogen (secondary N) is 2. The molecule has 0 aromatic heterocycles. The van der Waals surface area contributed by atoms with E-state index < -0.39 is 42.3 Å². The summed E-state index contributed by atoms with van der Waals surface area (Å²) in [6, 6.07) is 4.76. The molecule has 3 unspecified atom stereocenters. The van der Waals surface area contributed by atoms with Crippen molar-refractivity contribution in [2.75, 3.05) is 25.0 Å². The Kier molecular flexibility index (Phi) is 14.3. The number of carboxylic acid groups (broad SMARTS) is 1. The number of carbonyl (C=O) groups is 6. The number of imide groups is 1. The molecule has 2 aliphatic heterocycles. The van der Waals surface area contributed by atoms with Crippen molar-refractivity contribution < 1.29 is 53.2 Å². The van der Waals surface area contributed by atoms with Gasteiger partial charge in [0.15, 0.2) is 6.10 Å². The highest BCUT2D eigenvalue weighted by Gasteiger charge is 2.34. The molecule has 0 saturated carbocycles. The van der Waals surface area contributed by atoms with Gasteiger partial charge in [0.25, 0.3) is 0 Å². The number of esters is 1. The molecule has 43 heavy (non-hydrogen) atoms. The zero-order valence-electron chi connectivity index (χ0n) is 24.5. The first-order valence-corrected chi connectivity index (χ1v) is 14.1. The van der Waals surface area contributed by atoms with Crippen LogP contribution in [0.2, 0.25) is 0 Å². The summed E-state index contributed by atoms with van der Waals surface area (Å²) in [7, 11) is 0. The Morgan fingerprint density at radius 3 is 2.42 bits per heavy atom. The summed E-state index contributed by atoms with van der Waals surface area (Å²) in [5.74, 6) is -3.04. The molecule has 0 aliphatic carbocycles. The van der Waals surface area contributed by atoms with E-state index in [1.807, 2.05) is 13.8 Å². The summed E-state index contributed by atoms with van der Waals surface area (Å²) in [6.07, 6.45) is -0.0243. The quantitative estimate of drug-likeness (QED) is 0.188. The molecule has 14 heteroatoms. The minimum Gasteiger partial charge on any atom is -0.479 e. The Labute approximate surface area is 249 Å². The number of benzene rings is 1. The maximum atomic E-state index is 12.7. The van der Waals surface area contributed by atoms with Crippen LogP contribution in [0.15, 0.2) is 24.3 Å². The number of nitrogens with zero attached hydrogens (tertiary/aromatic N) is 1. The van der Waals surface area contributed by atoms with E-state index in [0.717, 1.165) is 4.90 Å². The first-order valence-electron chi connectivity index (χ1n) is 14.1. The van der Waals surface area contributed by atoms with Gasteiger partial charge >= 0.3 is 11.9 Å². The molecule has 4 amide bonds. The smallest absolute Gasteiger partial charge is 0.333 e. The second kappa shape index (κ2) is 17.6. The largest absolute Gasteiger partial charge is 0.479 e. The highest BCUT2D eigenvalue weighted by molar-refractivity contribution is 6.02. The number of likely N-dealkylation sites (tertiary alicyclic amines) is 1. The Morgan fingerprint density at radius 2 is 1.77 bits per heavy atom. The third kappa shape index (κ3) is 11.8. The summed E-state index contributed by atoms with van der Waals surface area (Å²) in [6.45, 7) is 5.29. The Morgan fingerprint density at radius 1 is 1.07 bits per heavy atom. The summed E-state index contributed by atoms with van der Waals surface area (Å²) >= 11 is 0. The summed E-state index contributed by atoms with van der Waals surface area (Å²) in [5, 5.41) is 24.6. The van der Waals surface area contributed by atoms with Crippen LogP contribution in [0.3, 0.4) is 0 Å². The van der Waals surface area contributed by atoms with Crippen molar-refractivity contribution in [2.24, 2.45) is 0 Å². The minimum atomic E-state index is -1.25. The number of carboxylic acids is 1. The number of rotatable bonds is 13. The SMILES string of the molecule is CC.CC(=O)OC/C=C/c1ccc(OC2CC(O)CC(C(=O)O)O2)c(NC(=O)CCNC(=O)CCN2C(=O)CCC2=O)c1. The zero-order valence-corrected chi connectivity index (χ0v) is 24.5. The van der Waals surface area contributed by atoms with E-state index in [-0.39, 0.29) is 81.5 Å². The van der Waals surface area contributed by atoms with Gasteiger partial charge in [0, 0.05) is 58.5 Å². The predicted octanol–water partition coefficient (Wildman–Crippen LogP) is 1.60. The number of aliphatic hydroxyl groups excluding tert-OH is 1. The molecule has 236 valence electrons. The molecule has 2 heterocycles. The van der Waals surface area contributed by atoms with Crippen LogP contribution in [-0.2, 0) is 38.2 Å². The number of ether oxygens (including phenoxy) is 3. The van der Waals surface area contributed by atoms with Crippen LogP contribution in [0.25, 0.3) is 6.08 Å². The van der Waals surface area contributed by atoms with Gasteiger partial charge in [-0.2, -0.15) is 0 Å².